The molecule has 0 aromatic heterocycles. The molecule has 6 nitrogen and oxygen atoms in total. The summed E-state index contributed by atoms with van der Waals surface area (Å²) < 4.78 is 5.11. The zero-order valence-electron chi connectivity index (χ0n) is 13.4. The van der Waals surface area contributed by atoms with E-state index in [1.165, 1.54) is 30.2 Å². The third-order valence-electron chi connectivity index (χ3n) is 3.27. The third kappa shape index (κ3) is 4.73. The van der Waals surface area contributed by atoms with Gasteiger partial charge < -0.3 is 10.1 Å². The SMILES string of the molecule is CCSc1ccc(CC(=O)Nc2ccc([N+](=O)[O-])cc2OC)cc1. The predicted octanol–water partition coefficient (Wildman–Crippen LogP) is 3.90. The van der Waals surface area contributed by atoms with Crippen LogP contribution in [0.3, 0.4) is 0 Å². The lowest BCUT2D eigenvalue weighted by molar-refractivity contribution is -0.384. The van der Waals surface area contributed by atoms with E-state index in [0.717, 1.165) is 11.3 Å². The Labute approximate surface area is 144 Å². The number of benzene rings is 2. The van der Waals surface area contributed by atoms with E-state index in [9.17, 15) is 14.9 Å². The lowest BCUT2D eigenvalue weighted by Crippen LogP contribution is -2.15. The van der Waals surface area contributed by atoms with Crippen LogP contribution in [0.15, 0.2) is 47.4 Å². The Morgan fingerprint density at radius 1 is 1.25 bits per heavy atom. The van der Waals surface area contributed by atoms with Crippen LogP contribution in [0, 0.1) is 10.1 Å². The average molecular weight is 346 g/mol. The number of nitrogens with one attached hydrogen (secondary N) is 1. The topological polar surface area (TPSA) is 81.5 Å². The van der Waals surface area contributed by atoms with E-state index in [2.05, 4.69) is 12.2 Å². The molecule has 0 aliphatic rings. The molecule has 2 aromatic carbocycles. The summed E-state index contributed by atoms with van der Waals surface area (Å²) in [4.78, 5) is 23.6. The van der Waals surface area contributed by atoms with E-state index in [1.54, 1.807) is 11.8 Å². The second kappa shape index (κ2) is 8.35. The molecule has 1 N–H and O–H groups in total. The van der Waals surface area contributed by atoms with Crippen LogP contribution in [0.1, 0.15) is 12.5 Å². The molecule has 0 spiro atoms. The van der Waals surface area contributed by atoms with Crippen molar-refractivity contribution in [2.45, 2.75) is 18.2 Å². The van der Waals surface area contributed by atoms with Gasteiger partial charge in [0.15, 0.2) is 0 Å². The molecule has 0 saturated carbocycles. The molecule has 0 saturated heterocycles. The molecule has 1 amide bonds. The normalized spacial score (nSPS) is 10.2. The van der Waals surface area contributed by atoms with Crippen LogP contribution in [0.5, 0.6) is 5.75 Å². The summed E-state index contributed by atoms with van der Waals surface area (Å²) in [6, 6.07) is 11.9. The summed E-state index contributed by atoms with van der Waals surface area (Å²) in [5.41, 5.74) is 1.22. The predicted molar refractivity (Wildman–Crippen MR) is 94.8 cm³/mol. The number of methoxy groups -OCH3 is 1. The van der Waals surface area contributed by atoms with E-state index in [4.69, 9.17) is 4.74 Å². The summed E-state index contributed by atoms with van der Waals surface area (Å²) in [6.07, 6.45) is 0.219. The number of nitro benzene ring substituents is 1. The van der Waals surface area contributed by atoms with Gasteiger partial charge in [0.25, 0.3) is 5.69 Å². The van der Waals surface area contributed by atoms with Crippen LogP contribution in [-0.4, -0.2) is 23.7 Å². The Kier molecular flexibility index (Phi) is 6.20. The average Bonchev–Trinajstić information content (AvgIpc) is 2.57. The number of amides is 1. The Morgan fingerprint density at radius 2 is 1.96 bits per heavy atom. The Morgan fingerprint density at radius 3 is 2.54 bits per heavy atom. The minimum absolute atomic E-state index is 0.0890. The molecule has 2 aromatic rings. The van der Waals surface area contributed by atoms with Gasteiger partial charge in [-0.1, -0.05) is 19.1 Å². The standard InChI is InChI=1S/C17H18N2O4S/c1-3-24-14-7-4-12(5-8-14)10-17(20)18-15-9-6-13(19(21)22)11-16(15)23-2/h4-9,11H,3,10H2,1-2H3,(H,18,20). The molecule has 0 aliphatic carbocycles. The van der Waals surface area contributed by atoms with E-state index >= 15 is 0 Å². The van der Waals surface area contributed by atoms with Crippen LogP contribution in [-0.2, 0) is 11.2 Å². The molecular weight excluding hydrogens is 328 g/mol. The minimum atomic E-state index is -0.510. The number of non-ortho nitro benzene ring substituents is 1. The van der Waals surface area contributed by atoms with Crippen molar-refractivity contribution in [2.75, 3.05) is 18.2 Å². The Bertz CT molecular complexity index is 732. The van der Waals surface area contributed by atoms with Crippen molar-refractivity contribution >= 4 is 29.0 Å². The van der Waals surface area contributed by atoms with Gasteiger partial charge >= 0.3 is 0 Å². The van der Waals surface area contributed by atoms with Crippen molar-refractivity contribution in [1.29, 1.82) is 0 Å². The van der Waals surface area contributed by atoms with Crippen molar-refractivity contribution in [1.82, 2.24) is 0 Å². The number of nitrogens with zero attached hydrogens (tertiary/aromatic N) is 1. The first kappa shape index (κ1) is 17.8. The second-order valence-electron chi connectivity index (χ2n) is 4.94. The molecule has 24 heavy (non-hydrogen) atoms. The van der Waals surface area contributed by atoms with Crippen molar-refractivity contribution in [3.05, 3.63) is 58.1 Å². The highest BCUT2D eigenvalue weighted by Gasteiger charge is 2.13. The first-order chi connectivity index (χ1) is 11.5. The van der Waals surface area contributed by atoms with Crippen LogP contribution in [0.25, 0.3) is 0 Å². The highest BCUT2D eigenvalue weighted by molar-refractivity contribution is 7.99. The number of carbonyl (C=O) groups is 1. The fourth-order valence-corrected chi connectivity index (χ4v) is 2.81. The number of thioether (sulfide) groups is 1. The van der Waals surface area contributed by atoms with Gasteiger partial charge in [-0.3, -0.25) is 14.9 Å². The maximum atomic E-state index is 12.2. The molecule has 0 heterocycles. The fraction of sp³-hybridized carbons (Fsp3) is 0.235. The quantitative estimate of drug-likeness (QED) is 0.467. The van der Waals surface area contributed by atoms with Crippen LogP contribution in [0.4, 0.5) is 11.4 Å². The molecule has 0 atom stereocenters. The lowest BCUT2D eigenvalue weighted by atomic mass is 10.1. The highest BCUT2D eigenvalue weighted by atomic mass is 32.2. The van der Waals surface area contributed by atoms with Gasteiger partial charge in [0.2, 0.25) is 5.91 Å². The summed E-state index contributed by atoms with van der Waals surface area (Å²) in [5.74, 6) is 1.05. The van der Waals surface area contributed by atoms with E-state index in [-0.39, 0.29) is 23.8 Å². The minimum Gasteiger partial charge on any atom is -0.494 e. The van der Waals surface area contributed by atoms with Crippen molar-refractivity contribution in [3.8, 4) is 5.75 Å². The largest absolute Gasteiger partial charge is 0.494 e. The van der Waals surface area contributed by atoms with Crippen molar-refractivity contribution in [2.24, 2.45) is 0 Å². The molecule has 0 bridgehead atoms. The molecule has 0 fully saturated rings. The highest BCUT2D eigenvalue weighted by Crippen LogP contribution is 2.29. The van der Waals surface area contributed by atoms with Crippen LogP contribution >= 0.6 is 11.8 Å². The van der Waals surface area contributed by atoms with Gasteiger partial charge in [0, 0.05) is 11.0 Å². The summed E-state index contributed by atoms with van der Waals surface area (Å²) in [7, 11) is 1.40. The van der Waals surface area contributed by atoms with Gasteiger partial charge in [0.1, 0.15) is 5.75 Å². The summed E-state index contributed by atoms with van der Waals surface area (Å²) in [5, 5.41) is 13.5. The number of carbonyl (C=O) groups excluding carboxylic acids is 1. The van der Waals surface area contributed by atoms with Crippen molar-refractivity contribution in [3.63, 3.8) is 0 Å². The molecule has 0 aliphatic heterocycles. The molecule has 0 radical (unpaired) electrons. The number of hydrogen-bond acceptors (Lipinski definition) is 5. The third-order valence-corrected chi connectivity index (χ3v) is 4.16. The Hall–Kier alpha value is -2.54. The number of ether oxygens (including phenoxy) is 1. The molecule has 126 valence electrons. The zero-order chi connectivity index (χ0) is 17.5. The van der Waals surface area contributed by atoms with Gasteiger partial charge in [-0.25, -0.2) is 0 Å². The number of nitro groups is 1. The maximum absolute atomic E-state index is 12.2. The van der Waals surface area contributed by atoms with Crippen LogP contribution in [0.2, 0.25) is 0 Å². The molecular formula is C17H18N2O4S. The van der Waals surface area contributed by atoms with Gasteiger partial charge in [0.05, 0.1) is 30.2 Å². The summed E-state index contributed by atoms with van der Waals surface area (Å²) in [6.45, 7) is 2.09. The summed E-state index contributed by atoms with van der Waals surface area (Å²) >= 11 is 1.74. The molecule has 7 heteroatoms. The van der Waals surface area contributed by atoms with Crippen LogP contribution < -0.4 is 10.1 Å². The van der Waals surface area contributed by atoms with Crippen molar-refractivity contribution < 1.29 is 14.5 Å². The van der Waals surface area contributed by atoms with E-state index in [1.807, 2.05) is 24.3 Å². The maximum Gasteiger partial charge on any atom is 0.273 e. The first-order valence-corrected chi connectivity index (χ1v) is 8.36. The Balaban J connectivity index is 2.05. The number of rotatable bonds is 7. The second-order valence-corrected chi connectivity index (χ2v) is 6.28. The lowest BCUT2D eigenvalue weighted by Gasteiger charge is -2.10. The number of hydrogen-bond donors (Lipinski definition) is 1. The first-order valence-electron chi connectivity index (χ1n) is 7.37. The van der Waals surface area contributed by atoms with Gasteiger partial charge in [-0.15, -0.1) is 11.8 Å². The smallest absolute Gasteiger partial charge is 0.273 e. The van der Waals surface area contributed by atoms with E-state index in [0.29, 0.717) is 5.69 Å². The molecule has 0 unspecified atom stereocenters. The number of anilines is 1. The zero-order valence-corrected chi connectivity index (χ0v) is 14.3. The van der Waals surface area contributed by atoms with Gasteiger partial charge in [-0.2, -0.15) is 0 Å². The monoisotopic (exact) mass is 346 g/mol. The van der Waals surface area contributed by atoms with E-state index < -0.39 is 4.92 Å². The fourth-order valence-electron chi connectivity index (χ4n) is 2.15. The van der Waals surface area contributed by atoms with Gasteiger partial charge in [-0.05, 0) is 29.5 Å². The molecule has 2 rings (SSSR count).